The monoisotopic (exact) mass is 522 g/mol. The van der Waals surface area contributed by atoms with Gasteiger partial charge in [0.25, 0.3) is 0 Å². The van der Waals surface area contributed by atoms with Crippen LogP contribution < -0.4 is 0 Å². The first-order chi connectivity index (χ1) is 16.9. The number of aliphatic hydroxyl groups is 5. The van der Waals surface area contributed by atoms with E-state index in [1.165, 1.54) is 6.92 Å². The van der Waals surface area contributed by atoms with Gasteiger partial charge >= 0.3 is 5.97 Å². The van der Waals surface area contributed by atoms with Gasteiger partial charge in [0.2, 0.25) is 0 Å². The maximum atomic E-state index is 13.3. The van der Waals surface area contributed by atoms with Gasteiger partial charge in [0.1, 0.15) is 5.60 Å². The number of aliphatic hydroxyl groups excluding tert-OH is 3. The van der Waals surface area contributed by atoms with Crippen LogP contribution in [-0.2, 0) is 14.3 Å². The summed E-state index contributed by atoms with van der Waals surface area (Å²) >= 11 is 0. The number of hydrogen-bond acceptors (Lipinski definition) is 8. The average Bonchev–Trinajstić information content (AvgIpc) is 3.05. The van der Waals surface area contributed by atoms with Crippen molar-refractivity contribution in [2.24, 2.45) is 28.6 Å². The van der Waals surface area contributed by atoms with Crippen LogP contribution in [0.4, 0.5) is 0 Å². The minimum absolute atomic E-state index is 0.103. The number of allylic oxidation sites excluding steroid dienone is 1. The average molecular weight is 523 g/mol. The van der Waals surface area contributed by atoms with Crippen LogP contribution in [0.15, 0.2) is 11.6 Å². The SMILES string of the molecule is CC(=O)OC(C)(C)CC[C@@H](O)[C@](C)(O)[C@H]1CC[C@@]2(O)C3=CC(=O)[C@@H]4C[C@@H](O)[C@@H](O)C[C@]4(C)[C@H]3CC[C@]12C. The van der Waals surface area contributed by atoms with Crippen molar-refractivity contribution in [2.45, 2.75) is 128 Å². The molecule has 8 nitrogen and oxygen atoms in total. The Hall–Kier alpha value is -1.32. The van der Waals surface area contributed by atoms with Crippen molar-refractivity contribution in [1.29, 1.82) is 0 Å². The second kappa shape index (κ2) is 9.12. The van der Waals surface area contributed by atoms with Crippen molar-refractivity contribution < 1.29 is 39.9 Å². The predicted molar refractivity (Wildman–Crippen MR) is 136 cm³/mol. The highest BCUT2D eigenvalue weighted by Gasteiger charge is 2.69. The minimum atomic E-state index is -1.50. The van der Waals surface area contributed by atoms with E-state index in [0.29, 0.717) is 44.1 Å². The first-order valence-electron chi connectivity index (χ1n) is 13.8. The number of carbonyl (C=O) groups is 2. The molecule has 0 aromatic heterocycles. The Labute approximate surface area is 220 Å². The van der Waals surface area contributed by atoms with Gasteiger partial charge in [-0.1, -0.05) is 13.8 Å². The van der Waals surface area contributed by atoms with E-state index in [-0.39, 0.29) is 24.5 Å². The van der Waals surface area contributed by atoms with Crippen molar-refractivity contribution >= 4 is 11.8 Å². The molecule has 0 amide bonds. The lowest BCUT2D eigenvalue weighted by Gasteiger charge is -2.60. The van der Waals surface area contributed by atoms with Gasteiger partial charge in [0.05, 0.1) is 29.5 Å². The number of esters is 1. The second-order valence-corrected chi connectivity index (χ2v) is 13.7. The molecule has 0 aliphatic heterocycles. The molecule has 8 heteroatoms. The topological polar surface area (TPSA) is 145 Å². The molecule has 0 aromatic carbocycles. The summed E-state index contributed by atoms with van der Waals surface area (Å²) in [5.41, 5.74) is -4.22. The number of ether oxygens (including phenoxy) is 1. The highest BCUT2D eigenvalue weighted by atomic mass is 16.6. The van der Waals surface area contributed by atoms with E-state index >= 15 is 0 Å². The number of hydrogen-bond donors (Lipinski definition) is 5. The van der Waals surface area contributed by atoms with E-state index in [1.54, 1.807) is 26.8 Å². The largest absolute Gasteiger partial charge is 0.460 e. The fraction of sp³-hybridized carbons (Fsp3) is 0.862. The van der Waals surface area contributed by atoms with Gasteiger partial charge in [0.15, 0.2) is 5.78 Å². The van der Waals surface area contributed by atoms with Crippen LogP contribution in [0.1, 0.15) is 92.9 Å². The lowest BCUT2D eigenvalue weighted by molar-refractivity contribution is -0.178. The van der Waals surface area contributed by atoms with Crippen molar-refractivity contribution in [2.75, 3.05) is 0 Å². The lowest BCUT2D eigenvalue weighted by Crippen LogP contribution is -2.62. The van der Waals surface area contributed by atoms with Gasteiger partial charge in [-0.3, -0.25) is 9.59 Å². The molecule has 0 aromatic rings. The molecular formula is C29H46O8. The fourth-order valence-electron chi connectivity index (χ4n) is 8.76. The van der Waals surface area contributed by atoms with Gasteiger partial charge in [-0.05, 0) is 101 Å². The van der Waals surface area contributed by atoms with Crippen molar-refractivity contribution in [3.8, 4) is 0 Å². The van der Waals surface area contributed by atoms with E-state index in [4.69, 9.17) is 4.74 Å². The molecule has 3 saturated carbocycles. The Kier molecular flexibility index (Phi) is 7.07. The quantitative estimate of drug-likeness (QED) is 0.335. The summed E-state index contributed by atoms with van der Waals surface area (Å²) in [5.74, 6) is -1.43. The third-order valence-corrected chi connectivity index (χ3v) is 10.9. The van der Waals surface area contributed by atoms with Crippen LogP contribution in [0, 0.1) is 28.6 Å². The molecule has 0 spiro atoms. The Morgan fingerprint density at radius 3 is 2.41 bits per heavy atom. The Morgan fingerprint density at radius 1 is 1.14 bits per heavy atom. The number of rotatable bonds is 6. The zero-order chi connectivity index (χ0) is 27.8. The third-order valence-electron chi connectivity index (χ3n) is 10.9. The van der Waals surface area contributed by atoms with Crippen LogP contribution >= 0.6 is 0 Å². The number of carbonyl (C=O) groups excluding carboxylic acids is 2. The summed E-state index contributed by atoms with van der Waals surface area (Å²) in [6.07, 6.45) is 1.94. The van der Waals surface area contributed by atoms with E-state index in [1.807, 2.05) is 13.8 Å². The molecule has 0 unspecified atom stereocenters. The van der Waals surface area contributed by atoms with E-state index in [0.717, 1.165) is 0 Å². The van der Waals surface area contributed by atoms with Crippen molar-refractivity contribution in [3.63, 3.8) is 0 Å². The molecule has 0 radical (unpaired) electrons. The Bertz CT molecular complexity index is 971. The number of fused-ring (bicyclic) bond motifs is 5. The van der Waals surface area contributed by atoms with Crippen molar-refractivity contribution in [3.05, 3.63) is 11.6 Å². The smallest absolute Gasteiger partial charge is 0.303 e. The molecule has 0 heterocycles. The molecular weight excluding hydrogens is 476 g/mol. The molecule has 210 valence electrons. The molecule has 3 fully saturated rings. The van der Waals surface area contributed by atoms with Gasteiger partial charge in [-0.2, -0.15) is 0 Å². The molecule has 0 bridgehead atoms. The Balaban J connectivity index is 1.60. The minimum Gasteiger partial charge on any atom is -0.460 e. The van der Waals surface area contributed by atoms with Crippen LogP contribution in [0.2, 0.25) is 0 Å². The predicted octanol–water partition coefficient (Wildman–Crippen LogP) is 2.42. The molecule has 10 atom stereocenters. The zero-order valence-electron chi connectivity index (χ0n) is 23.2. The highest BCUT2D eigenvalue weighted by molar-refractivity contribution is 5.95. The van der Waals surface area contributed by atoms with Gasteiger partial charge in [-0.15, -0.1) is 0 Å². The van der Waals surface area contributed by atoms with E-state index in [2.05, 4.69) is 0 Å². The van der Waals surface area contributed by atoms with Crippen LogP contribution in [0.3, 0.4) is 0 Å². The van der Waals surface area contributed by atoms with Gasteiger partial charge < -0.3 is 30.3 Å². The number of ketones is 1. The fourth-order valence-corrected chi connectivity index (χ4v) is 8.76. The van der Waals surface area contributed by atoms with E-state index in [9.17, 15) is 35.1 Å². The molecule has 37 heavy (non-hydrogen) atoms. The zero-order valence-corrected chi connectivity index (χ0v) is 23.2. The molecule has 4 rings (SSSR count). The van der Waals surface area contributed by atoms with Crippen molar-refractivity contribution in [1.82, 2.24) is 0 Å². The molecule has 0 saturated heterocycles. The summed E-state index contributed by atoms with van der Waals surface area (Å²) in [5, 5.41) is 55.9. The van der Waals surface area contributed by atoms with Gasteiger partial charge in [0, 0.05) is 18.3 Å². The first kappa shape index (κ1) is 28.7. The first-order valence-corrected chi connectivity index (χ1v) is 13.8. The highest BCUT2D eigenvalue weighted by Crippen LogP contribution is 2.68. The molecule has 5 N–H and O–H groups in total. The van der Waals surface area contributed by atoms with Crippen LogP contribution in [0.5, 0.6) is 0 Å². The maximum absolute atomic E-state index is 13.3. The van der Waals surface area contributed by atoms with Gasteiger partial charge in [-0.25, -0.2) is 0 Å². The summed E-state index contributed by atoms with van der Waals surface area (Å²) in [6.45, 7) is 10.5. The molecule has 4 aliphatic carbocycles. The summed E-state index contributed by atoms with van der Waals surface area (Å²) in [4.78, 5) is 24.7. The van der Waals surface area contributed by atoms with E-state index < -0.39 is 63.8 Å². The summed E-state index contributed by atoms with van der Waals surface area (Å²) in [7, 11) is 0. The standard InChI is InChI=1S/C29H46O8/c1-16(30)37-25(2,3)10-9-24(34)28(6,35)23-8-12-29(36)18-13-20(31)19-14-21(32)22(33)15-26(19,4)17(18)7-11-27(23,29)5/h13,17,19,21-24,32-36H,7-12,14-15H2,1-6H3/t17-,19-,21+,22-,23-,24+,26+,27+,28+,29+/m0/s1. The Morgan fingerprint density at radius 2 is 1.78 bits per heavy atom. The normalized spacial score (nSPS) is 44.1. The van der Waals surface area contributed by atoms with Crippen LogP contribution in [0.25, 0.3) is 0 Å². The molecule has 4 aliphatic rings. The lowest BCUT2D eigenvalue weighted by atomic mass is 9.45. The summed E-state index contributed by atoms with van der Waals surface area (Å²) < 4.78 is 5.34. The second-order valence-electron chi connectivity index (χ2n) is 13.7. The third kappa shape index (κ3) is 4.41. The van der Waals surface area contributed by atoms with Crippen LogP contribution in [-0.4, -0.2) is 72.4 Å². The maximum Gasteiger partial charge on any atom is 0.303 e. The summed E-state index contributed by atoms with van der Waals surface area (Å²) in [6, 6.07) is 0.